The Bertz CT molecular complexity index is 648. The predicted octanol–water partition coefficient (Wildman–Crippen LogP) is 2.23. The molecule has 1 atom stereocenters. The molecule has 5 nitrogen and oxygen atoms in total. The Balaban J connectivity index is 2.17. The fourth-order valence-corrected chi connectivity index (χ4v) is 2.94. The maximum atomic E-state index is 6.21. The fourth-order valence-electron chi connectivity index (χ4n) is 2.94. The number of nitrogens with two attached hydrogens (primary N) is 1. The topological polar surface area (TPSA) is 66.0 Å². The average molecular weight is 272 g/mol. The number of hydrogen-bond donors (Lipinski definition) is 1. The molecule has 0 bridgehead atoms. The van der Waals surface area contributed by atoms with E-state index >= 15 is 0 Å². The minimum Gasteiger partial charge on any atom is -0.481 e. The van der Waals surface area contributed by atoms with Gasteiger partial charge in [0.15, 0.2) is 0 Å². The Morgan fingerprint density at radius 2 is 2.10 bits per heavy atom. The van der Waals surface area contributed by atoms with Crippen LogP contribution in [0.2, 0.25) is 0 Å². The molecule has 0 amide bonds. The monoisotopic (exact) mass is 272 g/mol. The Hall–Kier alpha value is -1.88. The van der Waals surface area contributed by atoms with Crippen LogP contribution in [0, 0.1) is 13.8 Å². The van der Waals surface area contributed by atoms with E-state index in [2.05, 4.69) is 27.5 Å². The van der Waals surface area contributed by atoms with Crippen molar-refractivity contribution in [1.82, 2.24) is 14.5 Å². The number of nitrogens with zero attached hydrogens (tertiary/aromatic N) is 3. The smallest absolute Gasteiger partial charge is 0.237 e. The zero-order valence-electron chi connectivity index (χ0n) is 12.2. The Morgan fingerprint density at radius 3 is 2.85 bits per heavy atom. The number of hydrogen-bond acceptors (Lipinski definition) is 4. The van der Waals surface area contributed by atoms with Crippen molar-refractivity contribution in [2.75, 3.05) is 7.11 Å². The molecule has 0 fully saturated rings. The lowest BCUT2D eigenvalue weighted by Gasteiger charge is -2.20. The number of fused-ring (bicyclic) bond motifs is 1. The van der Waals surface area contributed by atoms with Crippen LogP contribution in [0.1, 0.15) is 41.5 Å². The molecule has 0 aromatic carbocycles. The van der Waals surface area contributed by atoms with Gasteiger partial charge in [0.2, 0.25) is 11.8 Å². The summed E-state index contributed by atoms with van der Waals surface area (Å²) in [6.45, 7) is 4.02. The third-order valence-corrected chi connectivity index (χ3v) is 3.88. The summed E-state index contributed by atoms with van der Waals surface area (Å²) in [4.78, 5) is 9.03. The largest absolute Gasteiger partial charge is 0.481 e. The molecular formula is C15H20N4O. The van der Waals surface area contributed by atoms with Gasteiger partial charge in [-0.15, -0.1) is 0 Å². The first-order valence-electron chi connectivity index (χ1n) is 6.97. The minimum atomic E-state index is 0.130. The van der Waals surface area contributed by atoms with E-state index in [1.807, 2.05) is 13.0 Å². The maximum Gasteiger partial charge on any atom is 0.237 e. The Labute approximate surface area is 118 Å². The number of methoxy groups -OCH3 is 1. The van der Waals surface area contributed by atoms with E-state index in [0.717, 1.165) is 30.7 Å². The highest BCUT2D eigenvalue weighted by atomic mass is 16.5. The van der Waals surface area contributed by atoms with Crippen LogP contribution in [-0.2, 0) is 6.42 Å². The van der Waals surface area contributed by atoms with Crippen LogP contribution in [-0.4, -0.2) is 21.6 Å². The molecule has 5 heteroatoms. The van der Waals surface area contributed by atoms with Crippen LogP contribution in [0.3, 0.4) is 0 Å². The summed E-state index contributed by atoms with van der Waals surface area (Å²) in [6.07, 6.45) is 3.19. The molecule has 0 saturated carbocycles. The number of aromatic nitrogens is 3. The maximum absolute atomic E-state index is 6.21. The molecular weight excluding hydrogens is 252 g/mol. The van der Waals surface area contributed by atoms with Crippen LogP contribution in [0.25, 0.3) is 5.95 Å². The molecule has 106 valence electrons. The van der Waals surface area contributed by atoms with E-state index in [1.54, 1.807) is 7.11 Å². The van der Waals surface area contributed by atoms with E-state index in [4.69, 9.17) is 10.5 Å². The van der Waals surface area contributed by atoms with E-state index in [0.29, 0.717) is 11.8 Å². The van der Waals surface area contributed by atoms with Gasteiger partial charge in [-0.1, -0.05) is 0 Å². The molecule has 1 aliphatic carbocycles. The minimum absolute atomic E-state index is 0.130. The summed E-state index contributed by atoms with van der Waals surface area (Å²) in [7, 11) is 1.62. The molecule has 1 unspecified atom stereocenters. The molecule has 2 N–H and O–H groups in total. The highest BCUT2D eigenvalue weighted by molar-refractivity contribution is 5.39. The third kappa shape index (κ3) is 2.08. The third-order valence-electron chi connectivity index (χ3n) is 3.88. The van der Waals surface area contributed by atoms with Crippen LogP contribution >= 0.6 is 0 Å². The van der Waals surface area contributed by atoms with E-state index in [1.165, 1.54) is 11.3 Å². The number of aryl methyl sites for hydroxylation is 2. The lowest BCUT2D eigenvalue weighted by molar-refractivity contribution is 0.395. The van der Waals surface area contributed by atoms with Crippen molar-refractivity contribution < 1.29 is 4.74 Å². The summed E-state index contributed by atoms with van der Waals surface area (Å²) < 4.78 is 7.36. The van der Waals surface area contributed by atoms with Gasteiger partial charge in [-0.05, 0) is 44.7 Å². The highest BCUT2D eigenvalue weighted by Crippen LogP contribution is 2.32. The van der Waals surface area contributed by atoms with E-state index in [9.17, 15) is 0 Å². The second-order valence-corrected chi connectivity index (χ2v) is 5.37. The van der Waals surface area contributed by atoms with Gasteiger partial charge < -0.3 is 10.5 Å². The summed E-state index contributed by atoms with van der Waals surface area (Å²) in [5.74, 6) is 1.27. The summed E-state index contributed by atoms with van der Waals surface area (Å²) in [5, 5.41) is 0. The average Bonchev–Trinajstić information content (AvgIpc) is 2.76. The van der Waals surface area contributed by atoms with Gasteiger partial charge in [-0.3, -0.25) is 4.57 Å². The van der Waals surface area contributed by atoms with Crippen molar-refractivity contribution in [2.45, 2.75) is 39.2 Å². The number of rotatable bonds is 2. The van der Waals surface area contributed by atoms with Crippen molar-refractivity contribution in [1.29, 1.82) is 0 Å². The summed E-state index contributed by atoms with van der Waals surface area (Å²) in [5.41, 5.74) is 10.7. The molecule has 0 spiro atoms. The second-order valence-electron chi connectivity index (χ2n) is 5.37. The lowest BCUT2D eigenvalue weighted by Crippen LogP contribution is -2.18. The summed E-state index contributed by atoms with van der Waals surface area (Å²) >= 11 is 0. The van der Waals surface area contributed by atoms with Crippen molar-refractivity contribution in [2.24, 2.45) is 5.73 Å². The highest BCUT2D eigenvalue weighted by Gasteiger charge is 2.24. The van der Waals surface area contributed by atoms with Crippen LogP contribution in [0.15, 0.2) is 12.1 Å². The molecule has 1 aliphatic rings. The second kappa shape index (κ2) is 4.90. The molecule has 0 radical (unpaired) electrons. The normalized spacial score (nSPS) is 17.9. The lowest BCUT2D eigenvalue weighted by atomic mass is 9.93. The van der Waals surface area contributed by atoms with Gasteiger partial charge in [0.05, 0.1) is 7.11 Å². The number of ether oxygens (including phenoxy) is 1. The van der Waals surface area contributed by atoms with Crippen LogP contribution in [0.4, 0.5) is 0 Å². The molecule has 2 aromatic rings. The molecule has 3 rings (SSSR count). The SMILES string of the molecule is COc1cc(C)nc(-n2c(C)cc3c2CCCC3N)n1. The Kier molecular flexibility index (Phi) is 3.22. The predicted molar refractivity (Wildman–Crippen MR) is 77.3 cm³/mol. The standard InChI is InChI=1S/C15H20N4O/c1-9-7-14(20-3)18-15(17-9)19-10(2)8-11-12(16)5-4-6-13(11)19/h7-8,12H,4-6,16H2,1-3H3. The van der Waals surface area contributed by atoms with Crippen molar-refractivity contribution in [3.63, 3.8) is 0 Å². The fraction of sp³-hybridized carbons (Fsp3) is 0.467. The molecule has 0 saturated heterocycles. The quantitative estimate of drug-likeness (QED) is 0.910. The first kappa shape index (κ1) is 13.1. The first-order valence-corrected chi connectivity index (χ1v) is 6.97. The van der Waals surface area contributed by atoms with Gasteiger partial charge >= 0.3 is 0 Å². The zero-order chi connectivity index (χ0) is 14.3. The van der Waals surface area contributed by atoms with Gasteiger partial charge in [-0.2, -0.15) is 4.98 Å². The van der Waals surface area contributed by atoms with Crippen LogP contribution < -0.4 is 10.5 Å². The van der Waals surface area contributed by atoms with Gasteiger partial charge in [-0.25, -0.2) is 4.98 Å². The van der Waals surface area contributed by atoms with Crippen molar-refractivity contribution in [3.8, 4) is 11.8 Å². The van der Waals surface area contributed by atoms with Gasteiger partial charge in [0.1, 0.15) is 0 Å². The Morgan fingerprint density at radius 1 is 1.30 bits per heavy atom. The summed E-state index contributed by atoms with van der Waals surface area (Å²) in [6, 6.07) is 4.13. The molecule has 0 aliphatic heterocycles. The van der Waals surface area contributed by atoms with Gasteiger partial charge in [0.25, 0.3) is 0 Å². The first-order chi connectivity index (χ1) is 9.60. The zero-order valence-corrected chi connectivity index (χ0v) is 12.2. The van der Waals surface area contributed by atoms with E-state index in [-0.39, 0.29) is 6.04 Å². The van der Waals surface area contributed by atoms with E-state index < -0.39 is 0 Å². The van der Waals surface area contributed by atoms with Crippen molar-refractivity contribution in [3.05, 3.63) is 34.8 Å². The van der Waals surface area contributed by atoms with Gasteiger partial charge in [0, 0.05) is 29.2 Å². The van der Waals surface area contributed by atoms with Crippen LogP contribution in [0.5, 0.6) is 5.88 Å². The van der Waals surface area contributed by atoms with Crippen molar-refractivity contribution >= 4 is 0 Å². The molecule has 2 heterocycles. The molecule has 2 aromatic heterocycles. The molecule has 20 heavy (non-hydrogen) atoms.